The molecule has 1 saturated heterocycles. The molecule has 9 heteroatoms. The number of hydrogen-bond acceptors (Lipinski definition) is 5. The Balaban J connectivity index is 1.49. The zero-order chi connectivity index (χ0) is 27.0. The normalized spacial score (nSPS) is 22.0. The van der Waals surface area contributed by atoms with E-state index in [0.29, 0.717) is 29.4 Å². The summed E-state index contributed by atoms with van der Waals surface area (Å²) >= 11 is 13.2. The third-order valence-electron chi connectivity index (χ3n) is 7.75. The van der Waals surface area contributed by atoms with Crippen molar-refractivity contribution in [2.75, 3.05) is 32.2 Å². The van der Waals surface area contributed by atoms with Crippen LogP contribution < -0.4 is 9.47 Å². The van der Waals surface area contributed by atoms with Gasteiger partial charge in [0.25, 0.3) is 5.91 Å². The van der Waals surface area contributed by atoms with E-state index >= 15 is 0 Å². The summed E-state index contributed by atoms with van der Waals surface area (Å²) in [4.78, 5) is 15.4. The minimum absolute atomic E-state index is 0.0538. The van der Waals surface area contributed by atoms with Gasteiger partial charge >= 0.3 is 0 Å². The van der Waals surface area contributed by atoms with Crippen LogP contribution in [0.1, 0.15) is 67.8 Å². The molecule has 2 aromatic rings. The predicted molar refractivity (Wildman–Crippen MR) is 148 cm³/mol. The second kappa shape index (κ2) is 11.0. The molecule has 1 spiro atoms. The molecule has 1 amide bonds. The number of likely N-dealkylation sites (tertiary alicyclic amines) is 1. The first-order valence-corrected chi connectivity index (χ1v) is 15.5. The number of ether oxygens (including phenoxy) is 2. The summed E-state index contributed by atoms with van der Waals surface area (Å²) < 4.78 is 35.0. The minimum Gasteiger partial charge on any atom is -0.496 e. The number of amides is 1. The van der Waals surface area contributed by atoms with Crippen molar-refractivity contribution in [1.82, 2.24) is 4.90 Å². The third-order valence-corrected chi connectivity index (χ3v) is 9.50. The van der Waals surface area contributed by atoms with E-state index in [4.69, 9.17) is 32.7 Å². The molecule has 0 unspecified atom stereocenters. The van der Waals surface area contributed by atoms with Crippen LogP contribution in [0.5, 0.6) is 17.2 Å². The van der Waals surface area contributed by atoms with E-state index in [1.54, 1.807) is 25.3 Å². The fraction of sp³-hybridized carbons (Fsp3) is 0.536. The number of carbonyl (C=O) groups is 1. The van der Waals surface area contributed by atoms with Gasteiger partial charge in [-0.15, -0.1) is 0 Å². The number of nitrogens with zero attached hydrogens (tertiary/aromatic N) is 1. The monoisotopic (exact) mass is 567 g/mol. The maximum atomic E-state index is 13.5. The molecule has 2 fully saturated rings. The molecule has 0 bridgehead atoms. The molecule has 1 saturated carbocycles. The second-order valence-electron chi connectivity index (χ2n) is 10.9. The number of sulfone groups is 1. The first-order valence-electron chi connectivity index (χ1n) is 12.7. The van der Waals surface area contributed by atoms with Gasteiger partial charge in [-0.25, -0.2) is 8.42 Å². The minimum atomic E-state index is -2.97. The summed E-state index contributed by atoms with van der Waals surface area (Å²) in [5.74, 6) is 2.14. The molecule has 1 heterocycles. The van der Waals surface area contributed by atoms with E-state index in [1.807, 2.05) is 17.0 Å². The van der Waals surface area contributed by atoms with E-state index in [1.165, 1.54) is 6.26 Å². The zero-order valence-electron chi connectivity index (χ0n) is 21.9. The van der Waals surface area contributed by atoms with Crippen LogP contribution in [-0.2, 0) is 9.84 Å². The summed E-state index contributed by atoms with van der Waals surface area (Å²) in [7, 11) is -1.34. The lowest BCUT2D eigenvalue weighted by molar-refractivity contribution is 0.0751. The van der Waals surface area contributed by atoms with Gasteiger partial charge in [0.15, 0.2) is 5.75 Å². The third kappa shape index (κ3) is 6.37. The fourth-order valence-electron chi connectivity index (χ4n) is 5.71. The molecule has 0 atom stereocenters. The molecular weight excluding hydrogens is 533 g/mol. The molecule has 0 aromatic heterocycles. The lowest BCUT2D eigenvalue weighted by Crippen LogP contribution is -2.35. The van der Waals surface area contributed by atoms with Gasteiger partial charge in [0.05, 0.1) is 28.5 Å². The summed E-state index contributed by atoms with van der Waals surface area (Å²) in [6, 6.07) is 8.83. The number of carbonyl (C=O) groups excluding carboxylic acids is 1. The maximum absolute atomic E-state index is 13.5. The van der Waals surface area contributed by atoms with Crippen LogP contribution in [0, 0.1) is 11.3 Å². The zero-order valence-corrected chi connectivity index (χ0v) is 24.2. The summed E-state index contributed by atoms with van der Waals surface area (Å²) in [6.07, 6.45) is 5.87. The number of rotatable bonds is 7. The van der Waals surface area contributed by atoms with Gasteiger partial charge in [0.2, 0.25) is 0 Å². The van der Waals surface area contributed by atoms with Crippen LogP contribution in [0.25, 0.3) is 0 Å². The Morgan fingerprint density at radius 3 is 2.46 bits per heavy atom. The van der Waals surface area contributed by atoms with Crippen LogP contribution >= 0.6 is 23.2 Å². The Morgan fingerprint density at radius 1 is 1.14 bits per heavy atom. The van der Waals surface area contributed by atoms with Crippen molar-refractivity contribution in [2.24, 2.45) is 11.3 Å². The molecule has 0 N–H and O–H groups in total. The molecule has 1 aliphatic heterocycles. The number of methoxy groups -OCH3 is 1. The van der Waals surface area contributed by atoms with Crippen LogP contribution in [0.3, 0.4) is 0 Å². The van der Waals surface area contributed by atoms with E-state index in [0.717, 1.165) is 43.4 Å². The molecule has 1 aliphatic carbocycles. The summed E-state index contributed by atoms with van der Waals surface area (Å²) in [6.45, 7) is 5.45. The Bertz CT molecular complexity index is 1270. The van der Waals surface area contributed by atoms with Crippen molar-refractivity contribution in [2.45, 2.75) is 51.9 Å². The Morgan fingerprint density at radius 2 is 1.84 bits per heavy atom. The van der Waals surface area contributed by atoms with Gasteiger partial charge in [-0.2, -0.15) is 0 Å². The summed E-state index contributed by atoms with van der Waals surface area (Å²) in [5.41, 5.74) is 1.41. The van der Waals surface area contributed by atoms with E-state index in [-0.39, 0.29) is 39.7 Å². The Labute approximate surface area is 230 Å². The molecule has 6 nitrogen and oxygen atoms in total. The van der Waals surface area contributed by atoms with Crippen LogP contribution in [0.15, 0.2) is 30.3 Å². The van der Waals surface area contributed by atoms with Gasteiger partial charge in [-0.1, -0.05) is 37.0 Å². The smallest absolute Gasteiger partial charge is 0.255 e. The van der Waals surface area contributed by atoms with E-state index < -0.39 is 9.84 Å². The highest BCUT2D eigenvalue weighted by molar-refractivity contribution is 7.90. The highest BCUT2D eigenvalue weighted by Crippen LogP contribution is 2.47. The number of benzene rings is 2. The average Bonchev–Trinajstić information content (AvgIpc) is 3.25. The van der Waals surface area contributed by atoms with Gasteiger partial charge < -0.3 is 14.4 Å². The maximum Gasteiger partial charge on any atom is 0.255 e. The predicted octanol–water partition coefficient (Wildman–Crippen LogP) is 6.98. The van der Waals surface area contributed by atoms with Crippen molar-refractivity contribution < 1.29 is 22.7 Å². The highest BCUT2D eigenvalue weighted by atomic mass is 35.5. The molecular formula is C28H35Cl2NO5S. The Hall–Kier alpha value is -1.96. The van der Waals surface area contributed by atoms with Crippen LogP contribution in [0.2, 0.25) is 10.0 Å². The first kappa shape index (κ1) is 28.1. The van der Waals surface area contributed by atoms with Crippen molar-refractivity contribution in [3.63, 3.8) is 0 Å². The lowest BCUT2D eigenvalue weighted by atomic mass is 9.70. The van der Waals surface area contributed by atoms with Gasteiger partial charge in [0, 0.05) is 24.9 Å². The standard InChI is InChI=1S/C28H35Cl2NO5S/c1-18(2)22-15-20(5-8-24(22)35-3)36-26-23(29)7-6-21(25(26)30)27(32)31-14-13-28(17-31)11-9-19(10-12-28)16-37(4,33)34/h5-8,15,18-19H,9-14,16-17H2,1-4H3. The number of halogens is 2. The van der Waals surface area contributed by atoms with Crippen molar-refractivity contribution >= 4 is 38.9 Å². The van der Waals surface area contributed by atoms with Crippen LogP contribution in [-0.4, -0.2) is 51.4 Å². The molecule has 4 rings (SSSR count). The molecule has 37 heavy (non-hydrogen) atoms. The highest BCUT2D eigenvalue weighted by Gasteiger charge is 2.43. The average molecular weight is 569 g/mol. The molecule has 0 radical (unpaired) electrons. The second-order valence-corrected chi connectivity index (χ2v) is 13.9. The van der Waals surface area contributed by atoms with Gasteiger partial charge in [0.1, 0.15) is 21.3 Å². The van der Waals surface area contributed by atoms with Crippen molar-refractivity contribution in [3.05, 3.63) is 51.5 Å². The largest absolute Gasteiger partial charge is 0.496 e. The Kier molecular flexibility index (Phi) is 8.37. The quantitative estimate of drug-likeness (QED) is 0.360. The fourth-order valence-corrected chi connectivity index (χ4v) is 7.43. The molecule has 2 aromatic carbocycles. The van der Waals surface area contributed by atoms with Crippen LogP contribution in [0.4, 0.5) is 0 Å². The van der Waals surface area contributed by atoms with E-state index in [9.17, 15) is 13.2 Å². The van der Waals surface area contributed by atoms with Gasteiger partial charge in [-0.05, 0) is 79.7 Å². The van der Waals surface area contributed by atoms with E-state index in [2.05, 4.69) is 13.8 Å². The van der Waals surface area contributed by atoms with Gasteiger partial charge in [-0.3, -0.25) is 4.79 Å². The SMILES string of the molecule is COc1ccc(Oc2c(Cl)ccc(C(=O)N3CCC4(CCC(CS(C)(=O)=O)CC4)C3)c2Cl)cc1C(C)C. The van der Waals surface area contributed by atoms with Crippen molar-refractivity contribution in [1.29, 1.82) is 0 Å². The lowest BCUT2D eigenvalue weighted by Gasteiger charge is -2.37. The first-order chi connectivity index (χ1) is 17.4. The molecule has 2 aliphatic rings. The van der Waals surface area contributed by atoms with Crippen molar-refractivity contribution in [3.8, 4) is 17.2 Å². The molecule has 202 valence electrons. The topological polar surface area (TPSA) is 72.9 Å². The number of hydrogen-bond donors (Lipinski definition) is 0. The summed E-state index contributed by atoms with van der Waals surface area (Å²) in [5, 5.41) is 0.516.